The molecular weight excluding hydrogens is 288 g/mol. The first-order valence-electron chi connectivity index (χ1n) is 6.36. The molecule has 20 heavy (non-hydrogen) atoms. The van der Waals surface area contributed by atoms with Crippen LogP contribution in [0, 0.1) is 5.92 Å². The number of carboxylic acids is 1. The summed E-state index contributed by atoms with van der Waals surface area (Å²) in [7, 11) is -4.01. The van der Waals surface area contributed by atoms with E-state index in [1.54, 1.807) is 20.8 Å². The minimum Gasteiger partial charge on any atom is -0.481 e. The summed E-state index contributed by atoms with van der Waals surface area (Å²) < 4.78 is 31.7. The number of amides is 1. The summed E-state index contributed by atoms with van der Waals surface area (Å²) in [6.45, 7) is 4.88. The summed E-state index contributed by atoms with van der Waals surface area (Å²) >= 11 is 0. The second kappa shape index (κ2) is 6.40. The van der Waals surface area contributed by atoms with E-state index in [1.165, 1.54) is 0 Å². The zero-order valence-corrected chi connectivity index (χ0v) is 12.5. The number of piperidine rings is 1. The van der Waals surface area contributed by atoms with Gasteiger partial charge in [0.1, 0.15) is 0 Å². The molecule has 116 valence electrons. The van der Waals surface area contributed by atoms with E-state index in [4.69, 9.17) is 9.84 Å². The topological polar surface area (TPSA) is 113 Å². The second-order valence-corrected chi connectivity index (χ2v) is 6.70. The third-order valence-corrected chi connectivity index (χ3v) is 4.61. The SMILES string of the molecule is CC(C)OC(=O)NS(=O)(=O)N1CCC(C(=O)O)CC1C. The van der Waals surface area contributed by atoms with E-state index in [2.05, 4.69) is 0 Å². The van der Waals surface area contributed by atoms with Gasteiger partial charge in [-0.1, -0.05) is 0 Å². The molecule has 1 heterocycles. The van der Waals surface area contributed by atoms with Gasteiger partial charge in [0.05, 0.1) is 12.0 Å². The summed E-state index contributed by atoms with van der Waals surface area (Å²) in [4.78, 5) is 22.3. The Morgan fingerprint density at radius 3 is 2.45 bits per heavy atom. The molecule has 0 aromatic rings. The van der Waals surface area contributed by atoms with Crippen LogP contribution in [-0.4, -0.2) is 48.6 Å². The van der Waals surface area contributed by atoms with Gasteiger partial charge in [-0.15, -0.1) is 0 Å². The number of nitrogens with one attached hydrogen (secondary N) is 1. The number of nitrogens with zero attached hydrogens (tertiary/aromatic N) is 1. The van der Waals surface area contributed by atoms with Crippen molar-refractivity contribution in [2.24, 2.45) is 5.92 Å². The van der Waals surface area contributed by atoms with Gasteiger partial charge in [-0.05, 0) is 33.6 Å². The fourth-order valence-electron chi connectivity index (χ4n) is 2.13. The Balaban J connectivity index is 2.69. The van der Waals surface area contributed by atoms with Crippen LogP contribution < -0.4 is 4.72 Å². The van der Waals surface area contributed by atoms with Crippen LogP contribution in [0.25, 0.3) is 0 Å². The van der Waals surface area contributed by atoms with E-state index in [9.17, 15) is 18.0 Å². The Bertz CT molecular complexity index is 475. The zero-order valence-electron chi connectivity index (χ0n) is 11.7. The van der Waals surface area contributed by atoms with Crippen LogP contribution in [0.4, 0.5) is 4.79 Å². The number of hydrogen-bond acceptors (Lipinski definition) is 5. The van der Waals surface area contributed by atoms with Crippen LogP contribution >= 0.6 is 0 Å². The van der Waals surface area contributed by atoms with Crippen molar-refractivity contribution in [1.29, 1.82) is 0 Å². The molecule has 0 radical (unpaired) electrons. The lowest BCUT2D eigenvalue weighted by Crippen LogP contribution is -2.51. The Hall–Kier alpha value is -1.35. The molecular formula is C11H20N2O6S. The smallest absolute Gasteiger partial charge is 0.422 e. The predicted octanol–water partition coefficient (Wildman–Crippen LogP) is 0.551. The first-order chi connectivity index (χ1) is 9.13. The largest absolute Gasteiger partial charge is 0.481 e. The second-order valence-electron chi connectivity index (χ2n) is 5.08. The summed E-state index contributed by atoms with van der Waals surface area (Å²) in [6, 6.07) is -0.491. The summed E-state index contributed by atoms with van der Waals surface area (Å²) in [5, 5.41) is 8.93. The van der Waals surface area contributed by atoms with Crippen LogP contribution in [0.3, 0.4) is 0 Å². The number of carbonyl (C=O) groups is 2. The first kappa shape index (κ1) is 16.7. The van der Waals surface area contributed by atoms with Gasteiger partial charge >= 0.3 is 22.3 Å². The number of carbonyl (C=O) groups excluding carboxylic acids is 1. The van der Waals surface area contributed by atoms with Gasteiger partial charge in [0.25, 0.3) is 0 Å². The molecule has 0 saturated carbocycles. The van der Waals surface area contributed by atoms with Gasteiger partial charge in [0.15, 0.2) is 0 Å². The van der Waals surface area contributed by atoms with Crippen LogP contribution in [0.15, 0.2) is 0 Å². The highest BCUT2D eigenvalue weighted by Gasteiger charge is 2.37. The van der Waals surface area contributed by atoms with Crippen LogP contribution in [0.1, 0.15) is 33.6 Å². The molecule has 0 aromatic heterocycles. The number of ether oxygens (including phenoxy) is 1. The molecule has 1 aliphatic heterocycles. The molecule has 2 atom stereocenters. The summed E-state index contributed by atoms with van der Waals surface area (Å²) in [6.07, 6.45) is -1.03. The van der Waals surface area contributed by atoms with E-state index >= 15 is 0 Å². The molecule has 0 spiro atoms. The Morgan fingerprint density at radius 2 is 2.00 bits per heavy atom. The molecule has 8 nitrogen and oxygen atoms in total. The van der Waals surface area contributed by atoms with Crippen molar-refractivity contribution in [2.75, 3.05) is 6.54 Å². The Kier molecular flexibility index (Phi) is 5.35. The minimum atomic E-state index is -4.01. The van der Waals surface area contributed by atoms with Gasteiger partial charge in [-0.25, -0.2) is 9.52 Å². The van der Waals surface area contributed by atoms with Gasteiger partial charge in [-0.3, -0.25) is 4.79 Å². The highest BCUT2D eigenvalue weighted by Crippen LogP contribution is 2.24. The average Bonchev–Trinajstić information content (AvgIpc) is 2.25. The normalized spacial score (nSPS) is 24.4. The zero-order chi connectivity index (χ0) is 15.5. The van der Waals surface area contributed by atoms with Crippen molar-refractivity contribution in [3.63, 3.8) is 0 Å². The molecule has 1 aliphatic rings. The molecule has 1 saturated heterocycles. The molecule has 0 aromatic carbocycles. The molecule has 1 fully saturated rings. The lowest BCUT2D eigenvalue weighted by molar-refractivity contribution is -0.143. The van der Waals surface area contributed by atoms with E-state index < -0.39 is 40.3 Å². The molecule has 2 N–H and O–H groups in total. The average molecular weight is 308 g/mol. The fraction of sp³-hybridized carbons (Fsp3) is 0.818. The number of carboxylic acid groups (broad SMARTS) is 1. The third kappa shape index (κ3) is 4.34. The maximum atomic E-state index is 12.0. The van der Waals surface area contributed by atoms with Gasteiger partial charge in [-0.2, -0.15) is 12.7 Å². The number of aliphatic carboxylic acids is 1. The molecule has 1 rings (SSSR count). The Morgan fingerprint density at radius 1 is 1.40 bits per heavy atom. The molecule has 9 heteroatoms. The molecule has 0 aliphatic carbocycles. The minimum absolute atomic E-state index is 0.0580. The van der Waals surface area contributed by atoms with Crippen molar-refractivity contribution in [1.82, 2.24) is 9.03 Å². The monoisotopic (exact) mass is 308 g/mol. The molecule has 2 unspecified atom stereocenters. The van der Waals surface area contributed by atoms with Crippen molar-refractivity contribution in [3.05, 3.63) is 0 Å². The van der Waals surface area contributed by atoms with Gasteiger partial charge in [0.2, 0.25) is 0 Å². The van der Waals surface area contributed by atoms with Crippen molar-refractivity contribution in [3.8, 4) is 0 Å². The van der Waals surface area contributed by atoms with Crippen molar-refractivity contribution < 1.29 is 27.9 Å². The Labute approximate surface area is 118 Å². The summed E-state index contributed by atoms with van der Waals surface area (Å²) in [5.41, 5.74) is 0. The van der Waals surface area contributed by atoms with E-state index in [0.29, 0.717) is 0 Å². The third-order valence-electron chi connectivity index (χ3n) is 3.03. The van der Waals surface area contributed by atoms with Crippen molar-refractivity contribution >= 4 is 22.3 Å². The first-order valence-corrected chi connectivity index (χ1v) is 7.80. The standard InChI is InChI=1S/C11H20N2O6S/c1-7(2)19-11(16)12-20(17,18)13-5-4-9(10(14)15)6-8(13)3/h7-9H,4-6H2,1-3H3,(H,12,16)(H,14,15). The van der Waals surface area contributed by atoms with Crippen LogP contribution in [0.2, 0.25) is 0 Å². The number of rotatable bonds is 4. The lowest BCUT2D eigenvalue weighted by Gasteiger charge is -2.34. The highest BCUT2D eigenvalue weighted by molar-refractivity contribution is 7.87. The van der Waals surface area contributed by atoms with E-state index in [0.717, 1.165) is 4.31 Å². The van der Waals surface area contributed by atoms with Crippen molar-refractivity contribution in [2.45, 2.75) is 45.8 Å². The quantitative estimate of drug-likeness (QED) is 0.784. The van der Waals surface area contributed by atoms with Gasteiger partial charge < -0.3 is 9.84 Å². The summed E-state index contributed by atoms with van der Waals surface area (Å²) in [5.74, 6) is -1.49. The van der Waals surface area contributed by atoms with E-state index in [-0.39, 0.29) is 19.4 Å². The highest BCUT2D eigenvalue weighted by atomic mass is 32.2. The molecule has 1 amide bonds. The predicted molar refractivity (Wildman–Crippen MR) is 70.2 cm³/mol. The maximum Gasteiger partial charge on any atom is 0.422 e. The number of hydrogen-bond donors (Lipinski definition) is 2. The van der Waals surface area contributed by atoms with Gasteiger partial charge in [0, 0.05) is 12.6 Å². The fourth-order valence-corrected chi connectivity index (χ4v) is 3.42. The van der Waals surface area contributed by atoms with Crippen LogP contribution in [0.5, 0.6) is 0 Å². The lowest BCUT2D eigenvalue weighted by atomic mass is 9.93. The maximum absolute atomic E-state index is 12.0. The van der Waals surface area contributed by atoms with E-state index in [1.807, 2.05) is 4.72 Å². The molecule has 0 bridgehead atoms. The van der Waals surface area contributed by atoms with Crippen LogP contribution in [-0.2, 0) is 19.7 Å².